The molecule has 2 N–H and O–H groups in total. The lowest BCUT2D eigenvalue weighted by molar-refractivity contribution is -0.145. The maximum Gasteiger partial charge on any atom is 0.305 e. The van der Waals surface area contributed by atoms with Crippen molar-refractivity contribution >= 4 is 23.8 Å². The Morgan fingerprint density at radius 3 is 1.59 bits per heavy atom. The fraction of sp³-hybridized carbons (Fsp3) is 0.484. The zero-order chi connectivity index (χ0) is 28.1. The third-order valence-corrected chi connectivity index (χ3v) is 6.01. The highest BCUT2D eigenvalue weighted by Crippen LogP contribution is 2.05. The van der Waals surface area contributed by atoms with Gasteiger partial charge < -0.3 is 20.1 Å². The fourth-order valence-corrected chi connectivity index (χ4v) is 3.90. The minimum Gasteiger partial charge on any atom is -0.466 e. The maximum absolute atomic E-state index is 12.1. The number of nitrogens with one attached hydrogen (secondary N) is 2. The summed E-state index contributed by atoms with van der Waals surface area (Å²) < 4.78 is 10.5. The summed E-state index contributed by atoms with van der Waals surface area (Å²) in [6.45, 7) is 2.82. The van der Waals surface area contributed by atoms with E-state index in [1.54, 1.807) is 6.92 Å². The van der Waals surface area contributed by atoms with Crippen LogP contribution < -0.4 is 10.6 Å². The predicted octanol–water partition coefficient (Wildman–Crippen LogP) is 4.30. The molecule has 0 aliphatic heterocycles. The minimum absolute atomic E-state index is 0.177. The smallest absolute Gasteiger partial charge is 0.305 e. The van der Waals surface area contributed by atoms with E-state index < -0.39 is 0 Å². The average Bonchev–Trinajstić information content (AvgIpc) is 2.93. The number of carbonyl (C=O) groups is 4. The molecule has 2 rings (SSSR count). The van der Waals surface area contributed by atoms with Gasteiger partial charge in [-0.1, -0.05) is 60.7 Å². The first kappa shape index (κ1) is 31.5. The third-order valence-electron chi connectivity index (χ3n) is 6.01. The van der Waals surface area contributed by atoms with Gasteiger partial charge in [-0.2, -0.15) is 0 Å². The van der Waals surface area contributed by atoms with Crippen LogP contribution in [0.5, 0.6) is 0 Å². The number of amides is 2. The second-order valence-electron chi connectivity index (χ2n) is 9.60. The van der Waals surface area contributed by atoms with Crippen molar-refractivity contribution in [3.8, 4) is 0 Å². The third kappa shape index (κ3) is 16.0. The number of benzene rings is 2. The van der Waals surface area contributed by atoms with Crippen LogP contribution >= 0.6 is 0 Å². The summed E-state index contributed by atoms with van der Waals surface area (Å²) in [6, 6.07) is 19.8. The Morgan fingerprint density at radius 1 is 0.641 bits per heavy atom. The highest BCUT2D eigenvalue weighted by molar-refractivity contribution is 5.78. The van der Waals surface area contributed by atoms with Crippen LogP contribution in [0.15, 0.2) is 60.7 Å². The molecule has 0 aromatic heterocycles. The average molecular weight is 539 g/mol. The van der Waals surface area contributed by atoms with Gasteiger partial charge in [0, 0.05) is 38.3 Å². The molecular weight excluding hydrogens is 496 g/mol. The van der Waals surface area contributed by atoms with E-state index in [0.29, 0.717) is 26.1 Å². The SMILES string of the molecule is CC(CNC(=O)CCCC(=O)OCCCc1ccccc1)NC(=O)CCCC(=O)OCCCc1ccccc1. The van der Waals surface area contributed by atoms with Crippen molar-refractivity contribution in [2.45, 2.75) is 77.2 Å². The molecule has 8 heteroatoms. The van der Waals surface area contributed by atoms with Crippen molar-refractivity contribution in [2.75, 3.05) is 19.8 Å². The van der Waals surface area contributed by atoms with Gasteiger partial charge in [-0.15, -0.1) is 0 Å². The Bertz CT molecular complexity index is 997. The van der Waals surface area contributed by atoms with Gasteiger partial charge in [0.05, 0.1) is 13.2 Å². The number of ether oxygens (including phenoxy) is 2. The van der Waals surface area contributed by atoms with Crippen molar-refractivity contribution in [3.05, 3.63) is 71.8 Å². The van der Waals surface area contributed by atoms with Gasteiger partial charge in [0.25, 0.3) is 0 Å². The molecule has 0 spiro atoms. The van der Waals surface area contributed by atoms with Gasteiger partial charge in [0.15, 0.2) is 0 Å². The van der Waals surface area contributed by atoms with Crippen molar-refractivity contribution in [2.24, 2.45) is 0 Å². The lowest BCUT2D eigenvalue weighted by Crippen LogP contribution is -2.41. The van der Waals surface area contributed by atoms with E-state index in [1.807, 2.05) is 60.7 Å². The number of esters is 2. The fourth-order valence-electron chi connectivity index (χ4n) is 3.90. The number of aryl methyl sites for hydroxylation is 2. The number of hydrogen-bond acceptors (Lipinski definition) is 6. The lowest BCUT2D eigenvalue weighted by atomic mass is 10.1. The van der Waals surface area contributed by atoms with Gasteiger partial charge in [-0.05, 0) is 56.6 Å². The van der Waals surface area contributed by atoms with E-state index in [1.165, 1.54) is 11.1 Å². The molecule has 0 aliphatic carbocycles. The van der Waals surface area contributed by atoms with E-state index in [0.717, 1.165) is 25.7 Å². The zero-order valence-electron chi connectivity index (χ0n) is 23.0. The van der Waals surface area contributed by atoms with Crippen molar-refractivity contribution in [1.82, 2.24) is 10.6 Å². The van der Waals surface area contributed by atoms with Gasteiger partial charge >= 0.3 is 11.9 Å². The molecular formula is C31H42N2O6. The number of rotatable bonds is 19. The summed E-state index contributed by atoms with van der Waals surface area (Å²) in [5, 5.41) is 5.58. The number of hydrogen-bond donors (Lipinski definition) is 2. The zero-order valence-corrected chi connectivity index (χ0v) is 23.0. The largest absolute Gasteiger partial charge is 0.466 e. The Morgan fingerprint density at radius 2 is 1.10 bits per heavy atom. The van der Waals surface area contributed by atoms with Crippen LogP contribution in [0.1, 0.15) is 69.4 Å². The topological polar surface area (TPSA) is 111 Å². The molecule has 8 nitrogen and oxygen atoms in total. The van der Waals surface area contributed by atoms with Crippen molar-refractivity contribution in [1.29, 1.82) is 0 Å². The van der Waals surface area contributed by atoms with Crippen LogP contribution in [0.3, 0.4) is 0 Å². The van der Waals surface area contributed by atoms with E-state index in [-0.39, 0.29) is 62.0 Å². The second-order valence-corrected chi connectivity index (χ2v) is 9.60. The molecule has 0 fully saturated rings. The predicted molar refractivity (Wildman–Crippen MR) is 150 cm³/mol. The molecule has 1 atom stereocenters. The molecule has 2 amide bonds. The highest BCUT2D eigenvalue weighted by atomic mass is 16.5. The van der Waals surface area contributed by atoms with Crippen LogP contribution in [0, 0.1) is 0 Å². The van der Waals surface area contributed by atoms with E-state index in [9.17, 15) is 19.2 Å². The van der Waals surface area contributed by atoms with Crippen LogP contribution in [-0.4, -0.2) is 49.6 Å². The van der Waals surface area contributed by atoms with E-state index >= 15 is 0 Å². The van der Waals surface area contributed by atoms with Crippen LogP contribution in [-0.2, 0) is 41.5 Å². The molecule has 39 heavy (non-hydrogen) atoms. The lowest BCUT2D eigenvalue weighted by Gasteiger charge is -2.15. The van der Waals surface area contributed by atoms with E-state index in [2.05, 4.69) is 10.6 Å². The molecule has 1 unspecified atom stereocenters. The first-order chi connectivity index (χ1) is 18.9. The summed E-state index contributed by atoms with van der Waals surface area (Å²) in [7, 11) is 0. The Hall–Kier alpha value is -3.68. The summed E-state index contributed by atoms with van der Waals surface area (Å²) in [6.07, 6.45) is 4.87. The van der Waals surface area contributed by atoms with Crippen LogP contribution in [0.25, 0.3) is 0 Å². The quantitative estimate of drug-likeness (QED) is 0.204. The molecule has 0 saturated heterocycles. The van der Waals surface area contributed by atoms with Gasteiger partial charge in [-0.3, -0.25) is 19.2 Å². The van der Waals surface area contributed by atoms with Crippen LogP contribution in [0.4, 0.5) is 0 Å². The first-order valence-electron chi connectivity index (χ1n) is 13.9. The normalized spacial score (nSPS) is 11.3. The summed E-state index contributed by atoms with van der Waals surface area (Å²) in [5.41, 5.74) is 2.42. The summed E-state index contributed by atoms with van der Waals surface area (Å²) in [4.78, 5) is 47.8. The molecule has 0 saturated carbocycles. The number of carbonyl (C=O) groups excluding carboxylic acids is 4. The Kier molecular flexibility index (Phi) is 15.7. The van der Waals surface area contributed by atoms with E-state index in [4.69, 9.17) is 9.47 Å². The molecule has 2 aromatic carbocycles. The first-order valence-corrected chi connectivity index (χ1v) is 13.9. The molecule has 212 valence electrons. The molecule has 0 aliphatic rings. The summed E-state index contributed by atoms with van der Waals surface area (Å²) in [5.74, 6) is -0.952. The minimum atomic E-state index is -0.299. The van der Waals surface area contributed by atoms with Gasteiger partial charge in [-0.25, -0.2) is 0 Å². The summed E-state index contributed by atoms with van der Waals surface area (Å²) >= 11 is 0. The van der Waals surface area contributed by atoms with Gasteiger partial charge in [0.1, 0.15) is 0 Å². The Labute approximate surface area is 231 Å². The van der Waals surface area contributed by atoms with Crippen LogP contribution in [0.2, 0.25) is 0 Å². The molecule has 0 heterocycles. The molecule has 2 aromatic rings. The Balaban J connectivity index is 1.42. The molecule has 0 radical (unpaired) electrons. The van der Waals surface area contributed by atoms with Crippen molar-refractivity contribution in [3.63, 3.8) is 0 Å². The molecule has 0 bridgehead atoms. The second kappa shape index (κ2) is 19.4. The van der Waals surface area contributed by atoms with Crippen molar-refractivity contribution < 1.29 is 28.7 Å². The standard InChI is InChI=1S/C31H42N2O6/c1-25(33-29(35)19-9-21-31(37)39-23-11-17-27-14-6-3-7-15-27)24-32-28(34)18-8-20-30(36)38-22-10-16-26-12-4-2-5-13-26/h2-7,12-15,25H,8-11,16-24H2,1H3,(H,32,34)(H,33,35). The van der Waals surface area contributed by atoms with Gasteiger partial charge in [0.2, 0.25) is 11.8 Å². The highest BCUT2D eigenvalue weighted by Gasteiger charge is 2.11. The monoisotopic (exact) mass is 538 g/mol. The maximum atomic E-state index is 12.1.